The molecule has 0 unspecified atom stereocenters. The first-order valence-electron chi connectivity index (χ1n) is 11.2. The molecule has 2 N–H and O–H groups in total. The van der Waals surface area contributed by atoms with Gasteiger partial charge in [0.1, 0.15) is 17.1 Å². The van der Waals surface area contributed by atoms with E-state index in [2.05, 4.69) is 20.6 Å². The number of aromatic nitrogens is 3. The van der Waals surface area contributed by atoms with Gasteiger partial charge in [-0.25, -0.2) is 4.98 Å². The van der Waals surface area contributed by atoms with Crippen LogP contribution in [0.3, 0.4) is 0 Å². The minimum atomic E-state index is -0.116. The van der Waals surface area contributed by atoms with Gasteiger partial charge in [0.05, 0.1) is 19.2 Å². The molecule has 8 nitrogen and oxygen atoms in total. The third kappa shape index (κ3) is 3.71. The number of halogens is 1. The fourth-order valence-electron chi connectivity index (χ4n) is 5.30. The summed E-state index contributed by atoms with van der Waals surface area (Å²) in [5, 5.41) is 7.58. The van der Waals surface area contributed by atoms with Crippen LogP contribution in [0.4, 0.5) is 5.95 Å². The highest BCUT2D eigenvalue weighted by Crippen LogP contribution is 2.54. The van der Waals surface area contributed by atoms with Gasteiger partial charge in [-0.3, -0.25) is 9.36 Å². The fraction of sp³-hybridized carbons (Fsp3) is 0.458. The monoisotopic (exact) mass is 469 g/mol. The zero-order valence-electron chi connectivity index (χ0n) is 19.1. The van der Waals surface area contributed by atoms with Crippen molar-refractivity contribution in [2.45, 2.75) is 31.7 Å². The van der Waals surface area contributed by atoms with Gasteiger partial charge in [-0.1, -0.05) is 11.6 Å². The van der Waals surface area contributed by atoms with Crippen LogP contribution in [-0.4, -0.2) is 48.9 Å². The molecule has 0 amide bonds. The van der Waals surface area contributed by atoms with Crippen molar-refractivity contribution in [3.05, 3.63) is 39.8 Å². The van der Waals surface area contributed by atoms with Gasteiger partial charge >= 0.3 is 0 Å². The number of hydrogen-bond acceptors (Lipinski definition) is 7. The van der Waals surface area contributed by atoms with Crippen LogP contribution >= 0.6 is 11.6 Å². The van der Waals surface area contributed by atoms with Crippen molar-refractivity contribution in [2.75, 3.05) is 39.7 Å². The zero-order chi connectivity index (χ0) is 23.2. The maximum absolute atomic E-state index is 14.0. The highest BCUT2D eigenvalue weighted by molar-refractivity contribution is 6.35. The first kappa shape index (κ1) is 22.0. The van der Waals surface area contributed by atoms with Crippen LogP contribution in [0.15, 0.2) is 29.2 Å². The maximum Gasteiger partial charge on any atom is 0.260 e. The van der Waals surface area contributed by atoms with Crippen LogP contribution in [0.2, 0.25) is 5.02 Å². The van der Waals surface area contributed by atoms with Crippen molar-refractivity contribution >= 4 is 28.6 Å². The molecular formula is C24H28ClN5O3. The molecule has 9 heteroatoms. The Morgan fingerprint density at radius 2 is 1.91 bits per heavy atom. The summed E-state index contributed by atoms with van der Waals surface area (Å²) >= 11 is 6.66. The first-order valence-corrected chi connectivity index (χ1v) is 11.6. The van der Waals surface area contributed by atoms with Gasteiger partial charge in [-0.2, -0.15) is 4.98 Å². The quantitative estimate of drug-likeness (QED) is 0.586. The minimum absolute atomic E-state index is 0.0870. The summed E-state index contributed by atoms with van der Waals surface area (Å²) in [4.78, 5) is 23.0. The predicted molar refractivity (Wildman–Crippen MR) is 130 cm³/mol. The summed E-state index contributed by atoms with van der Waals surface area (Å²) in [6.07, 6.45) is 5.98. The number of piperidine rings is 1. The predicted octanol–water partition coefficient (Wildman–Crippen LogP) is 3.88. The van der Waals surface area contributed by atoms with Crippen LogP contribution < -0.4 is 25.7 Å². The van der Waals surface area contributed by atoms with E-state index in [1.807, 2.05) is 10.6 Å². The molecule has 1 aliphatic heterocycles. The number of fused-ring (bicyclic) bond motifs is 1. The number of nitrogens with zero attached hydrogens (tertiary/aromatic N) is 3. The Bertz CT molecular complexity index is 1260. The highest BCUT2D eigenvalue weighted by Gasteiger charge is 2.46. The molecule has 5 rings (SSSR count). The van der Waals surface area contributed by atoms with Gasteiger partial charge in [0.2, 0.25) is 5.95 Å². The molecule has 0 atom stereocenters. The van der Waals surface area contributed by atoms with E-state index in [0.29, 0.717) is 44.7 Å². The zero-order valence-corrected chi connectivity index (χ0v) is 19.8. The molecule has 1 spiro atoms. The van der Waals surface area contributed by atoms with Crippen LogP contribution in [0.5, 0.6) is 11.5 Å². The Morgan fingerprint density at radius 1 is 1.15 bits per heavy atom. The van der Waals surface area contributed by atoms with Crippen LogP contribution in [0, 0.1) is 5.41 Å². The second-order valence-electron chi connectivity index (χ2n) is 8.96. The standard InChI is InChI=1S/C24H28ClN5O3/c1-26-23-28-13-14-8-18(17-9-16(32-2)10-19(33-3)20(17)25)22(31)30(21(14)29-23)15-11-24(12-15)4-6-27-7-5-24/h8-10,13,15,27H,4-7,11-12H2,1-3H3,(H,26,28,29). The number of methoxy groups -OCH3 is 2. The number of pyridine rings is 1. The van der Waals surface area contributed by atoms with E-state index in [1.165, 1.54) is 0 Å². The maximum atomic E-state index is 14.0. The number of hydrogen-bond donors (Lipinski definition) is 2. The second kappa shape index (κ2) is 8.50. The van der Waals surface area contributed by atoms with Crippen molar-refractivity contribution in [2.24, 2.45) is 5.41 Å². The summed E-state index contributed by atoms with van der Waals surface area (Å²) in [7, 11) is 4.89. The van der Waals surface area contributed by atoms with E-state index in [0.717, 1.165) is 44.2 Å². The van der Waals surface area contributed by atoms with Crippen molar-refractivity contribution in [1.82, 2.24) is 19.9 Å². The Hall–Kier alpha value is -2.84. The van der Waals surface area contributed by atoms with Crippen molar-refractivity contribution in [3.8, 4) is 22.6 Å². The Morgan fingerprint density at radius 3 is 2.58 bits per heavy atom. The van der Waals surface area contributed by atoms with Crippen LogP contribution in [0.25, 0.3) is 22.2 Å². The molecular weight excluding hydrogens is 442 g/mol. The summed E-state index contributed by atoms with van der Waals surface area (Å²) in [6.45, 7) is 2.07. The van der Waals surface area contributed by atoms with E-state index in [9.17, 15) is 4.79 Å². The van der Waals surface area contributed by atoms with Gasteiger partial charge in [0.15, 0.2) is 0 Å². The first-order chi connectivity index (χ1) is 16.0. The average molecular weight is 470 g/mol. The molecule has 3 aromatic rings. The summed E-state index contributed by atoms with van der Waals surface area (Å²) in [5.41, 5.74) is 1.89. The van der Waals surface area contributed by atoms with E-state index >= 15 is 0 Å². The lowest BCUT2D eigenvalue weighted by molar-refractivity contribution is 0.0292. The number of benzene rings is 1. The van der Waals surface area contributed by atoms with Gasteiger partial charge in [0.25, 0.3) is 5.56 Å². The lowest BCUT2D eigenvalue weighted by atomic mass is 9.60. The SMILES string of the molecule is CNc1ncc2cc(-c3cc(OC)cc(OC)c3Cl)c(=O)n(C3CC4(CCNCC4)C3)c2n1. The lowest BCUT2D eigenvalue weighted by Crippen LogP contribution is -2.48. The molecule has 1 saturated carbocycles. The Balaban J connectivity index is 1.70. The Kier molecular flexibility index (Phi) is 5.66. The molecule has 2 fully saturated rings. The number of ether oxygens (including phenoxy) is 2. The van der Waals surface area contributed by atoms with Gasteiger partial charge < -0.3 is 20.1 Å². The smallest absolute Gasteiger partial charge is 0.260 e. The molecule has 33 heavy (non-hydrogen) atoms. The lowest BCUT2D eigenvalue weighted by Gasteiger charge is -2.51. The summed E-state index contributed by atoms with van der Waals surface area (Å²) in [5.74, 6) is 1.51. The van der Waals surface area contributed by atoms with Crippen LogP contribution in [0.1, 0.15) is 31.7 Å². The second-order valence-corrected chi connectivity index (χ2v) is 9.34. The summed E-state index contributed by atoms with van der Waals surface area (Å²) in [6, 6.07) is 5.38. The third-order valence-corrected chi connectivity index (χ3v) is 7.51. The minimum Gasteiger partial charge on any atom is -0.497 e. The summed E-state index contributed by atoms with van der Waals surface area (Å²) < 4.78 is 12.7. The van der Waals surface area contributed by atoms with E-state index < -0.39 is 0 Å². The van der Waals surface area contributed by atoms with Gasteiger partial charge in [0, 0.05) is 41.9 Å². The average Bonchev–Trinajstić information content (AvgIpc) is 2.83. The number of nitrogens with one attached hydrogen (secondary N) is 2. The number of rotatable bonds is 5. The van der Waals surface area contributed by atoms with E-state index in [1.54, 1.807) is 39.6 Å². The molecule has 1 aromatic carbocycles. The molecule has 3 heterocycles. The van der Waals surface area contributed by atoms with Crippen molar-refractivity contribution < 1.29 is 9.47 Å². The molecule has 2 aromatic heterocycles. The topological polar surface area (TPSA) is 90.3 Å². The molecule has 0 radical (unpaired) electrons. The third-order valence-electron chi connectivity index (χ3n) is 7.12. The molecule has 174 valence electrons. The van der Waals surface area contributed by atoms with Gasteiger partial charge in [-0.15, -0.1) is 0 Å². The molecule has 1 saturated heterocycles. The molecule has 1 aliphatic carbocycles. The van der Waals surface area contributed by atoms with Crippen molar-refractivity contribution in [1.29, 1.82) is 0 Å². The largest absolute Gasteiger partial charge is 0.497 e. The highest BCUT2D eigenvalue weighted by atomic mass is 35.5. The Labute approximate surface area is 197 Å². The van der Waals surface area contributed by atoms with Crippen LogP contribution in [-0.2, 0) is 0 Å². The van der Waals surface area contributed by atoms with E-state index in [-0.39, 0.29) is 11.6 Å². The number of anilines is 1. The fourth-order valence-corrected chi connectivity index (χ4v) is 5.58. The van der Waals surface area contributed by atoms with E-state index in [4.69, 9.17) is 21.1 Å². The normalized spacial score (nSPS) is 17.7. The molecule has 2 aliphatic rings. The van der Waals surface area contributed by atoms with Crippen molar-refractivity contribution in [3.63, 3.8) is 0 Å². The van der Waals surface area contributed by atoms with Gasteiger partial charge in [-0.05, 0) is 56.3 Å². The molecule has 0 bridgehead atoms.